The number of esters is 1. The topological polar surface area (TPSA) is 81.8 Å². The van der Waals surface area contributed by atoms with Gasteiger partial charge in [0.25, 0.3) is 0 Å². The van der Waals surface area contributed by atoms with Crippen LogP contribution in [0.15, 0.2) is 0 Å². The average molecular weight is 191 g/mol. The van der Waals surface area contributed by atoms with Crippen molar-refractivity contribution in [1.82, 2.24) is 0 Å². The minimum absolute atomic E-state index is 0.174. The lowest BCUT2D eigenvalue weighted by Gasteiger charge is -2.13. The zero-order valence-electron chi connectivity index (χ0n) is 8.03. The number of hydrogen-bond donors (Lipinski definition) is 2. The molecule has 0 bridgehead atoms. The third-order valence-electron chi connectivity index (χ3n) is 1.47. The molecule has 13 heavy (non-hydrogen) atoms. The van der Waals surface area contributed by atoms with E-state index in [0.717, 1.165) is 0 Å². The van der Waals surface area contributed by atoms with E-state index in [2.05, 4.69) is 0 Å². The van der Waals surface area contributed by atoms with Gasteiger partial charge in [-0.2, -0.15) is 0 Å². The molecule has 3 N–H and O–H groups in total. The standard InChI is InChI=1S/C8H17NO4/c1-3-12-4-5-13-8(11)7(9)6(2)10/h6-7,10H,3-5,9H2,1-2H3/t6-,7+/m1/s1. The van der Waals surface area contributed by atoms with Crippen LogP contribution in [0.4, 0.5) is 0 Å². The molecule has 78 valence electrons. The Kier molecular flexibility index (Phi) is 6.48. The van der Waals surface area contributed by atoms with Crippen molar-refractivity contribution in [3.05, 3.63) is 0 Å². The molecule has 0 aliphatic carbocycles. The minimum Gasteiger partial charge on any atom is -0.462 e. The van der Waals surface area contributed by atoms with E-state index in [0.29, 0.717) is 13.2 Å². The number of ether oxygens (including phenoxy) is 2. The molecule has 0 amide bonds. The zero-order chi connectivity index (χ0) is 10.3. The maximum Gasteiger partial charge on any atom is 0.325 e. The fraction of sp³-hybridized carbons (Fsp3) is 0.875. The van der Waals surface area contributed by atoms with Crippen LogP contribution in [0, 0.1) is 0 Å². The molecule has 0 heterocycles. The molecule has 0 radical (unpaired) electrons. The Morgan fingerprint density at radius 1 is 1.54 bits per heavy atom. The summed E-state index contributed by atoms with van der Waals surface area (Å²) in [5.41, 5.74) is 5.31. The Morgan fingerprint density at radius 3 is 2.62 bits per heavy atom. The van der Waals surface area contributed by atoms with Gasteiger partial charge in [-0.25, -0.2) is 0 Å². The van der Waals surface area contributed by atoms with Gasteiger partial charge in [-0.05, 0) is 13.8 Å². The van der Waals surface area contributed by atoms with Crippen LogP contribution in [-0.4, -0.2) is 43.0 Å². The highest BCUT2D eigenvalue weighted by Gasteiger charge is 2.19. The second-order valence-corrected chi connectivity index (χ2v) is 2.63. The molecule has 0 saturated heterocycles. The summed E-state index contributed by atoms with van der Waals surface area (Å²) in [5, 5.41) is 8.94. The zero-order valence-corrected chi connectivity index (χ0v) is 8.03. The molecule has 5 heteroatoms. The smallest absolute Gasteiger partial charge is 0.325 e. The van der Waals surface area contributed by atoms with Gasteiger partial charge in [0.15, 0.2) is 0 Å². The second-order valence-electron chi connectivity index (χ2n) is 2.63. The van der Waals surface area contributed by atoms with Crippen molar-refractivity contribution in [2.45, 2.75) is 26.0 Å². The highest BCUT2D eigenvalue weighted by molar-refractivity contribution is 5.76. The minimum atomic E-state index is -0.971. The van der Waals surface area contributed by atoms with Gasteiger partial charge in [0.2, 0.25) is 0 Å². The first-order chi connectivity index (χ1) is 6.09. The molecule has 0 aromatic rings. The van der Waals surface area contributed by atoms with Gasteiger partial charge in [0.1, 0.15) is 12.6 Å². The van der Waals surface area contributed by atoms with Crippen LogP contribution in [0.1, 0.15) is 13.8 Å². The fourth-order valence-corrected chi connectivity index (χ4v) is 0.639. The molecule has 0 rings (SSSR count). The number of nitrogens with two attached hydrogens (primary N) is 1. The second kappa shape index (κ2) is 6.82. The number of rotatable bonds is 6. The van der Waals surface area contributed by atoms with Crippen LogP contribution < -0.4 is 5.73 Å². The molecule has 0 aliphatic rings. The molecule has 0 aromatic heterocycles. The van der Waals surface area contributed by atoms with Gasteiger partial charge < -0.3 is 20.3 Å². The van der Waals surface area contributed by atoms with Crippen LogP contribution >= 0.6 is 0 Å². The maximum absolute atomic E-state index is 11.0. The van der Waals surface area contributed by atoms with Gasteiger partial charge >= 0.3 is 5.97 Å². The normalized spacial score (nSPS) is 15.1. The van der Waals surface area contributed by atoms with Crippen molar-refractivity contribution < 1.29 is 19.4 Å². The molecule has 0 aromatic carbocycles. The molecule has 5 nitrogen and oxygen atoms in total. The molecule has 2 atom stereocenters. The number of hydrogen-bond acceptors (Lipinski definition) is 5. The molecule has 0 saturated carbocycles. The Bertz CT molecular complexity index is 149. The lowest BCUT2D eigenvalue weighted by Crippen LogP contribution is -2.41. The van der Waals surface area contributed by atoms with Gasteiger partial charge in [-0.3, -0.25) is 4.79 Å². The first-order valence-corrected chi connectivity index (χ1v) is 4.27. The van der Waals surface area contributed by atoms with Gasteiger partial charge in [0, 0.05) is 6.61 Å². The van der Waals surface area contributed by atoms with Gasteiger partial charge in [-0.15, -0.1) is 0 Å². The summed E-state index contributed by atoms with van der Waals surface area (Å²) in [7, 11) is 0. The van der Waals surface area contributed by atoms with Crippen molar-refractivity contribution in [2.75, 3.05) is 19.8 Å². The van der Waals surface area contributed by atoms with Crippen LogP contribution in [-0.2, 0) is 14.3 Å². The van der Waals surface area contributed by atoms with E-state index in [4.69, 9.17) is 20.3 Å². The number of carbonyl (C=O) groups is 1. The monoisotopic (exact) mass is 191 g/mol. The summed E-state index contributed by atoms with van der Waals surface area (Å²) in [6, 6.07) is -0.971. The van der Waals surface area contributed by atoms with E-state index in [9.17, 15) is 4.79 Å². The molecule has 0 spiro atoms. The predicted octanol–water partition coefficient (Wildman–Crippen LogP) is -0.726. The molecule has 0 fully saturated rings. The van der Waals surface area contributed by atoms with Crippen molar-refractivity contribution in [3.63, 3.8) is 0 Å². The van der Waals surface area contributed by atoms with Crippen molar-refractivity contribution >= 4 is 5.97 Å². The molecule has 0 unspecified atom stereocenters. The van der Waals surface area contributed by atoms with E-state index in [1.807, 2.05) is 6.92 Å². The van der Waals surface area contributed by atoms with Crippen LogP contribution in [0.3, 0.4) is 0 Å². The Morgan fingerprint density at radius 2 is 2.15 bits per heavy atom. The first kappa shape index (κ1) is 12.3. The van der Waals surface area contributed by atoms with Crippen molar-refractivity contribution in [3.8, 4) is 0 Å². The predicted molar refractivity (Wildman–Crippen MR) is 47.1 cm³/mol. The summed E-state index contributed by atoms with van der Waals surface area (Å²) in [5.74, 6) is -0.602. The van der Waals surface area contributed by atoms with Crippen LogP contribution in [0.5, 0.6) is 0 Å². The van der Waals surface area contributed by atoms with E-state index in [1.165, 1.54) is 6.92 Å². The molecular formula is C8H17NO4. The van der Waals surface area contributed by atoms with Crippen LogP contribution in [0.25, 0.3) is 0 Å². The van der Waals surface area contributed by atoms with E-state index < -0.39 is 18.1 Å². The molecular weight excluding hydrogens is 174 g/mol. The van der Waals surface area contributed by atoms with Crippen molar-refractivity contribution in [1.29, 1.82) is 0 Å². The largest absolute Gasteiger partial charge is 0.462 e. The number of carbonyl (C=O) groups excluding carboxylic acids is 1. The lowest BCUT2D eigenvalue weighted by molar-refractivity contribution is -0.149. The maximum atomic E-state index is 11.0. The molecule has 0 aliphatic heterocycles. The summed E-state index contributed by atoms with van der Waals surface area (Å²) >= 11 is 0. The van der Waals surface area contributed by atoms with E-state index in [1.54, 1.807) is 0 Å². The number of aliphatic hydroxyl groups excluding tert-OH is 1. The summed E-state index contributed by atoms with van der Waals surface area (Å²) in [4.78, 5) is 11.0. The highest BCUT2D eigenvalue weighted by atomic mass is 16.6. The Balaban J connectivity index is 3.50. The van der Waals surface area contributed by atoms with Gasteiger partial charge in [-0.1, -0.05) is 0 Å². The van der Waals surface area contributed by atoms with E-state index >= 15 is 0 Å². The SMILES string of the molecule is CCOCCOC(=O)[C@@H](N)[C@@H](C)O. The quantitative estimate of drug-likeness (QED) is 0.427. The average Bonchev–Trinajstić information content (AvgIpc) is 2.10. The third kappa shape index (κ3) is 5.57. The Labute approximate surface area is 77.8 Å². The van der Waals surface area contributed by atoms with Crippen LogP contribution in [0.2, 0.25) is 0 Å². The summed E-state index contributed by atoms with van der Waals surface area (Å²) in [6.07, 6.45) is -0.889. The number of aliphatic hydroxyl groups is 1. The van der Waals surface area contributed by atoms with Crippen molar-refractivity contribution in [2.24, 2.45) is 5.73 Å². The van der Waals surface area contributed by atoms with E-state index in [-0.39, 0.29) is 6.61 Å². The Hall–Kier alpha value is -0.650. The van der Waals surface area contributed by atoms with Gasteiger partial charge in [0.05, 0.1) is 12.7 Å². The third-order valence-corrected chi connectivity index (χ3v) is 1.47. The lowest BCUT2D eigenvalue weighted by atomic mass is 10.2. The summed E-state index contributed by atoms with van der Waals surface area (Å²) < 4.78 is 9.66. The summed E-state index contributed by atoms with van der Waals surface area (Å²) in [6.45, 7) is 4.40. The first-order valence-electron chi connectivity index (χ1n) is 4.27. The highest BCUT2D eigenvalue weighted by Crippen LogP contribution is 1.92. The fourth-order valence-electron chi connectivity index (χ4n) is 0.639.